The molecule has 5 N–H and O–H groups in total. The highest BCUT2D eigenvalue weighted by Gasteiger charge is 2.12. The number of carboxylic acids is 1. The number of carbonyl (C=O) groups excluding carboxylic acids is 1. The normalized spacial score (nSPS) is 11.8. The number of hydrogen-bond acceptors (Lipinski definition) is 5. The number of aryl methyl sites for hydroxylation is 1. The summed E-state index contributed by atoms with van der Waals surface area (Å²) in [5, 5.41) is 28.9. The zero-order valence-corrected chi connectivity index (χ0v) is 10.3. The quantitative estimate of drug-likeness (QED) is 0.379. The smallest absolute Gasteiger partial charge is 0.332 e. The van der Waals surface area contributed by atoms with E-state index in [1.807, 2.05) is 0 Å². The van der Waals surface area contributed by atoms with Crippen LogP contribution in [0, 0.1) is 0 Å². The van der Waals surface area contributed by atoms with Crippen LogP contribution >= 0.6 is 0 Å². The first kappa shape index (κ1) is 14.9. The average Bonchev–Trinajstić information content (AvgIpc) is 2.87. The predicted octanol–water partition coefficient (Wildman–Crippen LogP) is -1.13. The number of H-pyrrole nitrogens is 1. The molecule has 0 bridgehead atoms. The molecule has 1 aromatic heterocycles. The summed E-state index contributed by atoms with van der Waals surface area (Å²) in [6, 6.07) is -0.393. The third kappa shape index (κ3) is 6.36. The number of carbonyl (C=O) groups is 2. The minimum Gasteiger partial charge on any atom is -0.479 e. The monoisotopic (exact) mass is 271 g/mol. The molecule has 1 aromatic rings. The summed E-state index contributed by atoms with van der Waals surface area (Å²) in [6.45, 7) is 0.565. The van der Waals surface area contributed by atoms with Crippen molar-refractivity contribution in [3.63, 3.8) is 0 Å². The van der Waals surface area contributed by atoms with Gasteiger partial charge in [0.2, 0.25) is 0 Å². The molecule has 0 radical (unpaired) electrons. The van der Waals surface area contributed by atoms with Crippen molar-refractivity contribution in [3.05, 3.63) is 12.2 Å². The van der Waals surface area contributed by atoms with Crippen LogP contribution in [0.2, 0.25) is 0 Å². The van der Waals surface area contributed by atoms with Crippen LogP contribution in [0.5, 0.6) is 0 Å². The van der Waals surface area contributed by atoms with E-state index in [2.05, 4.69) is 25.8 Å². The SMILES string of the molecule is O=C(NCCCc1ncn[nH]1)NCC[C@H](O)C(=O)O. The van der Waals surface area contributed by atoms with Gasteiger partial charge in [0.15, 0.2) is 6.10 Å². The third-order valence-corrected chi connectivity index (χ3v) is 2.33. The number of carboxylic acid groups (broad SMARTS) is 1. The number of aromatic amines is 1. The minimum atomic E-state index is -1.45. The average molecular weight is 271 g/mol. The van der Waals surface area contributed by atoms with Gasteiger partial charge in [-0.2, -0.15) is 5.10 Å². The number of aliphatic carboxylic acids is 1. The molecule has 106 valence electrons. The van der Waals surface area contributed by atoms with Crippen molar-refractivity contribution in [2.75, 3.05) is 13.1 Å². The second-order valence-electron chi connectivity index (χ2n) is 3.86. The number of hydrogen-bond donors (Lipinski definition) is 5. The number of nitrogens with one attached hydrogen (secondary N) is 3. The Kier molecular flexibility index (Phi) is 6.30. The number of amides is 2. The summed E-state index contributed by atoms with van der Waals surface area (Å²) in [5.41, 5.74) is 0. The largest absolute Gasteiger partial charge is 0.479 e. The van der Waals surface area contributed by atoms with Crippen molar-refractivity contribution in [3.8, 4) is 0 Å². The Hall–Kier alpha value is -2.16. The van der Waals surface area contributed by atoms with Gasteiger partial charge in [-0.25, -0.2) is 14.6 Å². The Balaban J connectivity index is 2.00. The van der Waals surface area contributed by atoms with Gasteiger partial charge in [-0.3, -0.25) is 5.10 Å². The lowest BCUT2D eigenvalue weighted by molar-refractivity contribution is -0.146. The van der Waals surface area contributed by atoms with E-state index in [1.165, 1.54) is 6.33 Å². The molecule has 0 saturated heterocycles. The predicted molar refractivity (Wildman–Crippen MR) is 64.4 cm³/mol. The van der Waals surface area contributed by atoms with E-state index >= 15 is 0 Å². The molecule has 0 aliphatic heterocycles. The molecule has 2 amide bonds. The molecule has 1 atom stereocenters. The summed E-state index contributed by atoms with van der Waals surface area (Å²) in [7, 11) is 0. The first-order valence-corrected chi connectivity index (χ1v) is 5.86. The van der Waals surface area contributed by atoms with Gasteiger partial charge in [0.25, 0.3) is 0 Å². The molecule has 0 aromatic carbocycles. The van der Waals surface area contributed by atoms with E-state index in [9.17, 15) is 9.59 Å². The van der Waals surface area contributed by atoms with Gasteiger partial charge in [0.05, 0.1) is 0 Å². The highest BCUT2D eigenvalue weighted by molar-refractivity contribution is 5.74. The molecular weight excluding hydrogens is 254 g/mol. The maximum atomic E-state index is 11.3. The Morgan fingerprint density at radius 3 is 2.74 bits per heavy atom. The maximum Gasteiger partial charge on any atom is 0.332 e. The molecule has 0 aliphatic carbocycles. The topological polar surface area (TPSA) is 140 Å². The van der Waals surface area contributed by atoms with Gasteiger partial charge in [-0.1, -0.05) is 0 Å². The van der Waals surface area contributed by atoms with Gasteiger partial charge in [0, 0.05) is 25.9 Å². The first-order chi connectivity index (χ1) is 9.09. The fourth-order valence-electron chi connectivity index (χ4n) is 1.32. The minimum absolute atomic E-state index is 0.0270. The van der Waals surface area contributed by atoms with Crippen molar-refractivity contribution in [2.24, 2.45) is 0 Å². The van der Waals surface area contributed by atoms with Gasteiger partial charge in [-0.15, -0.1) is 0 Å². The Morgan fingerprint density at radius 2 is 2.11 bits per heavy atom. The van der Waals surface area contributed by atoms with Crippen LogP contribution in [0.3, 0.4) is 0 Å². The summed E-state index contributed by atoms with van der Waals surface area (Å²) in [4.78, 5) is 25.5. The fourth-order valence-corrected chi connectivity index (χ4v) is 1.32. The van der Waals surface area contributed by atoms with E-state index < -0.39 is 18.1 Å². The lowest BCUT2D eigenvalue weighted by Crippen LogP contribution is -2.38. The number of nitrogens with zero attached hydrogens (tertiary/aromatic N) is 2. The van der Waals surface area contributed by atoms with Crippen LogP contribution in [-0.4, -0.2) is 56.6 Å². The number of aliphatic hydroxyl groups excluding tert-OH is 1. The summed E-state index contributed by atoms with van der Waals surface area (Å²) < 4.78 is 0. The second-order valence-corrected chi connectivity index (χ2v) is 3.86. The molecule has 0 aliphatic rings. The van der Waals surface area contributed by atoms with Crippen LogP contribution in [0.4, 0.5) is 4.79 Å². The molecule has 1 rings (SSSR count). The van der Waals surface area contributed by atoms with Gasteiger partial charge >= 0.3 is 12.0 Å². The molecule has 0 spiro atoms. The van der Waals surface area contributed by atoms with Gasteiger partial charge in [-0.05, 0) is 6.42 Å². The van der Waals surface area contributed by atoms with Crippen LogP contribution in [0.15, 0.2) is 6.33 Å². The molecule has 0 saturated carbocycles. The third-order valence-electron chi connectivity index (χ3n) is 2.33. The van der Waals surface area contributed by atoms with E-state index in [-0.39, 0.29) is 13.0 Å². The maximum absolute atomic E-state index is 11.3. The standard InChI is InChI=1S/C10H17N5O4/c16-7(9(17)18)3-5-12-10(19)11-4-1-2-8-13-6-14-15-8/h6-7,16H,1-5H2,(H,17,18)(H2,11,12,19)(H,13,14,15)/t7-/m0/s1. The summed E-state index contributed by atoms with van der Waals surface area (Å²) >= 11 is 0. The summed E-state index contributed by atoms with van der Waals surface area (Å²) in [6.07, 6.45) is 1.33. The summed E-state index contributed by atoms with van der Waals surface area (Å²) in [5.74, 6) is -0.541. The van der Waals surface area contributed by atoms with Crippen LogP contribution in [0.1, 0.15) is 18.7 Å². The van der Waals surface area contributed by atoms with Crippen molar-refractivity contribution in [1.29, 1.82) is 0 Å². The van der Waals surface area contributed by atoms with Gasteiger partial charge < -0.3 is 20.8 Å². The molecule has 9 nitrogen and oxygen atoms in total. The molecule has 1 heterocycles. The highest BCUT2D eigenvalue weighted by atomic mass is 16.4. The van der Waals surface area contributed by atoms with Crippen LogP contribution in [-0.2, 0) is 11.2 Å². The lowest BCUT2D eigenvalue weighted by Gasteiger charge is -2.08. The van der Waals surface area contributed by atoms with E-state index in [4.69, 9.17) is 10.2 Å². The van der Waals surface area contributed by atoms with Crippen LogP contribution < -0.4 is 10.6 Å². The number of urea groups is 1. The van der Waals surface area contributed by atoms with Crippen molar-refractivity contribution >= 4 is 12.0 Å². The van der Waals surface area contributed by atoms with Crippen LogP contribution in [0.25, 0.3) is 0 Å². The van der Waals surface area contributed by atoms with E-state index in [1.54, 1.807) is 0 Å². The molecule has 0 unspecified atom stereocenters. The molecule has 0 fully saturated rings. The number of aromatic nitrogens is 3. The Morgan fingerprint density at radius 1 is 1.37 bits per heavy atom. The van der Waals surface area contributed by atoms with Crippen molar-refractivity contribution < 1.29 is 19.8 Å². The van der Waals surface area contributed by atoms with E-state index in [0.29, 0.717) is 19.4 Å². The first-order valence-electron chi connectivity index (χ1n) is 5.86. The Labute approximate surface area is 109 Å². The van der Waals surface area contributed by atoms with Crippen molar-refractivity contribution in [2.45, 2.75) is 25.4 Å². The fraction of sp³-hybridized carbons (Fsp3) is 0.600. The zero-order chi connectivity index (χ0) is 14.1. The number of aliphatic hydroxyl groups is 1. The van der Waals surface area contributed by atoms with E-state index in [0.717, 1.165) is 5.82 Å². The van der Waals surface area contributed by atoms with Gasteiger partial charge in [0.1, 0.15) is 12.2 Å². The molecule has 9 heteroatoms. The van der Waals surface area contributed by atoms with Crippen molar-refractivity contribution in [1.82, 2.24) is 25.8 Å². The second kappa shape index (κ2) is 8.03. The highest BCUT2D eigenvalue weighted by Crippen LogP contribution is 1.92. The molecule has 19 heavy (non-hydrogen) atoms. The zero-order valence-electron chi connectivity index (χ0n) is 10.3. The Bertz CT molecular complexity index is 395. The lowest BCUT2D eigenvalue weighted by atomic mass is 10.2. The molecular formula is C10H17N5O4. The number of rotatable bonds is 8.